The molecule has 0 saturated carbocycles. The number of β-amino-alcohol motifs (C(OH)–C–C–N with tert-alkyl or cyclic N) is 1. The molecule has 3 aromatic rings. The number of hydrogen-bond acceptors (Lipinski definition) is 6. The van der Waals surface area contributed by atoms with Crippen LogP contribution < -0.4 is 14.2 Å². The smallest absolute Gasteiger partial charge is 0.185 e. The van der Waals surface area contributed by atoms with Crippen LogP contribution in [0.15, 0.2) is 48.8 Å². The minimum Gasteiger partial charge on any atom is -0.497 e. The zero-order chi connectivity index (χ0) is 21.3. The monoisotopic (exact) mass is 427 g/mol. The molecule has 2 heterocycles. The molecule has 30 heavy (non-hydrogen) atoms. The van der Waals surface area contributed by atoms with E-state index in [1.165, 1.54) is 0 Å². The summed E-state index contributed by atoms with van der Waals surface area (Å²) in [6, 6.07) is 11.5. The molecular formula is C22H25N3O4S. The maximum Gasteiger partial charge on any atom is 0.185 e. The molecular weight excluding hydrogens is 402 g/mol. The van der Waals surface area contributed by atoms with Crippen molar-refractivity contribution >= 4 is 12.2 Å². The van der Waals surface area contributed by atoms with Crippen LogP contribution in [0.5, 0.6) is 17.2 Å². The van der Waals surface area contributed by atoms with Gasteiger partial charge in [0.1, 0.15) is 17.2 Å². The molecule has 1 atom stereocenters. The first-order valence-corrected chi connectivity index (χ1v) is 10.0. The van der Waals surface area contributed by atoms with E-state index in [9.17, 15) is 5.11 Å². The highest BCUT2D eigenvalue weighted by atomic mass is 32.1. The lowest BCUT2D eigenvalue weighted by atomic mass is 9.95. The molecule has 8 heteroatoms. The highest BCUT2D eigenvalue weighted by Gasteiger charge is 2.29. The molecule has 4 rings (SSSR count). The van der Waals surface area contributed by atoms with Gasteiger partial charge in [-0.2, -0.15) is 0 Å². The van der Waals surface area contributed by atoms with E-state index in [-0.39, 0.29) is 0 Å². The van der Waals surface area contributed by atoms with Gasteiger partial charge in [-0.15, -0.1) is 0 Å². The third-order valence-electron chi connectivity index (χ3n) is 5.41. The average molecular weight is 428 g/mol. The molecule has 0 aliphatic carbocycles. The number of aliphatic hydroxyl groups excluding tert-OH is 1. The summed E-state index contributed by atoms with van der Waals surface area (Å²) in [7, 11) is 4.90. The number of benzene rings is 2. The second-order valence-electron chi connectivity index (χ2n) is 7.15. The number of rotatable bonds is 6. The lowest BCUT2D eigenvalue weighted by Crippen LogP contribution is -2.35. The Bertz CT molecular complexity index is 1090. The maximum atomic E-state index is 10.8. The Kier molecular flexibility index (Phi) is 5.80. The molecule has 0 bridgehead atoms. The van der Waals surface area contributed by atoms with Crippen molar-refractivity contribution in [3.05, 3.63) is 64.7 Å². The molecule has 1 aliphatic rings. The number of nitrogens with zero attached hydrogens (tertiary/aromatic N) is 3. The van der Waals surface area contributed by atoms with Gasteiger partial charge in [-0.05, 0) is 48.6 Å². The molecule has 158 valence electrons. The zero-order valence-electron chi connectivity index (χ0n) is 17.2. The van der Waals surface area contributed by atoms with E-state index in [0.717, 1.165) is 28.3 Å². The Morgan fingerprint density at radius 1 is 0.967 bits per heavy atom. The van der Waals surface area contributed by atoms with Crippen molar-refractivity contribution in [1.82, 2.24) is 14.0 Å². The van der Waals surface area contributed by atoms with Crippen LogP contribution in [0.4, 0.5) is 0 Å². The summed E-state index contributed by atoms with van der Waals surface area (Å²) in [4.78, 5) is 2.14. The van der Waals surface area contributed by atoms with Gasteiger partial charge in [0.25, 0.3) is 0 Å². The lowest BCUT2D eigenvalue weighted by molar-refractivity contribution is 0.0700. The summed E-state index contributed by atoms with van der Waals surface area (Å²) < 4.78 is 20.8. The lowest BCUT2D eigenvalue weighted by Gasteiger charge is -2.34. The van der Waals surface area contributed by atoms with Crippen LogP contribution in [0.2, 0.25) is 0 Å². The van der Waals surface area contributed by atoms with Crippen LogP contribution in [0.25, 0.3) is 5.69 Å². The molecule has 0 radical (unpaired) electrons. The number of hydrogen-bond donors (Lipinski definition) is 1. The van der Waals surface area contributed by atoms with Crippen molar-refractivity contribution in [2.45, 2.75) is 19.3 Å². The third kappa shape index (κ3) is 3.69. The second kappa shape index (κ2) is 8.51. The normalized spacial score (nSPS) is 16.2. The fraction of sp³-hybridized carbons (Fsp3) is 0.318. The van der Waals surface area contributed by atoms with E-state index in [2.05, 4.69) is 4.90 Å². The van der Waals surface area contributed by atoms with Gasteiger partial charge < -0.3 is 23.9 Å². The van der Waals surface area contributed by atoms with Crippen LogP contribution in [0.3, 0.4) is 0 Å². The average Bonchev–Trinajstić information content (AvgIpc) is 3.13. The van der Waals surface area contributed by atoms with Crippen molar-refractivity contribution in [2.75, 3.05) is 27.9 Å². The number of imidazole rings is 1. The van der Waals surface area contributed by atoms with E-state index in [4.69, 9.17) is 26.4 Å². The Hall–Kier alpha value is -2.81. The van der Waals surface area contributed by atoms with E-state index in [1.54, 1.807) is 21.3 Å². The van der Waals surface area contributed by atoms with Gasteiger partial charge >= 0.3 is 0 Å². The minimum absolute atomic E-state index is 0.478. The highest BCUT2D eigenvalue weighted by molar-refractivity contribution is 7.71. The highest BCUT2D eigenvalue weighted by Crippen LogP contribution is 2.39. The Morgan fingerprint density at radius 2 is 1.67 bits per heavy atom. The molecule has 1 N–H and O–H groups in total. The number of fused-ring (bicyclic) bond motifs is 1. The first kappa shape index (κ1) is 20.5. The molecule has 0 fully saturated rings. The Labute approximate surface area is 180 Å². The van der Waals surface area contributed by atoms with Gasteiger partial charge in [-0.1, -0.05) is 0 Å². The zero-order valence-corrected chi connectivity index (χ0v) is 18.1. The van der Waals surface area contributed by atoms with Crippen molar-refractivity contribution in [3.8, 4) is 22.9 Å². The van der Waals surface area contributed by atoms with Gasteiger partial charge in [0.15, 0.2) is 4.77 Å². The van der Waals surface area contributed by atoms with Gasteiger partial charge in [0.05, 0.1) is 34.1 Å². The summed E-state index contributed by atoms with van der Waals surface area (Å²) in [6.45, 7) is 1.66. The molecule has 1 aliphatic heterocycles. The van der Waals surface area contributed by atoms with E-state index in [1.807, 2.05) is 57.9 Å². The van der Waals surface area contributed by atoms with Crippen LogP contribution in [0.1, 0.15) is 17.2 Å². The van der Waals surface area contributed by atoms with Crippen LogP contribution in [-0.4, -0.2) is 47.0 Å². The fourth-order valence-electron chi connectivity index (χ4n) is 3.93. The molecule has 0 spiro atoms. The van der Waals surface area contributed by atoms with Crippen LogP contribution in [0, 0.1) is 4.77 Å². The minimum atomic E-state index is -0.670. The first-order chi connectivity index (χ1) is 14.5. The van der Waals surface area contributed by atoms with Gasteiger partial charge in [0.2, 0.25) is 0 Å². The summed E-state index contributed by atoms with van der Waals surface area (Å²) >= 11 is 5.69. The topological polar surface area (TPSA) is 61.0 Å². The Balaban J connectivity index is 1.59. The second-order valence-corrected chi connectivity index (χ2v) is 7.51. The van der Waals surface area contributed by atoms with Crippen molar-refractivity contribution in [2.24, 2.45) is 0 Å². The molecule has 7 nitrogen and oxygen atoms in total. The SMILES string of the molecule is COc1ccc(-n2ccn(CN3Cc4c(OC)ccc(OC)c4C(O)C3)c2=S)cc1. The number of aliphatic hydroxyl groups is 1. The van der Waals surface area contributed by atoms with E-state index >= 15 is 0 Å². The number of aromatic nitrogens is 2. The van der Waals surface area contributed by atoms with E-state index in [0.29, 0.717) is 30.3 Å². The van der Waals surface area contributed by atoms with Crippen LogP contribution in [-0.2, 0) is 13.2 Å². The van der Waals surface area contributed by atoms with Crippen LogP contribution >= 0.6 is 12.2 Å². The largest absolute Gasteiger partial charge is 0.497 e. The quantitative estimate of drug-likeness (QED) is 0.607. The predicted molar refractivity (Wildman–Crippen MR) is 116 cm³/mol. The summed E-state index contributed by atoms with van der Waals surface area (Å²) in [5.41, 5.74) is 2.71. The summed E-state index contributed by atoms with van der Waals surface area (Å²) in [5, 5.41) is 10.8. The summed E-state index contributed by atoms with van der Waals surface area (Å²) in [5.74, 6) is 2.23. The Morgan fingerprint density at radius 3 is 2.33 bits per heavy atom. The molecule has 0 saturated heterocycles. The van der Waals surface area contributed by atoms with Gasteiger partial charge in [-0.25, -0.2) is 0 Å². The molecule has 2 aromatic carbocycles. The molecule has 0 amide bonds. The van der Waals surface area contributed by atoms with E-state index < -0.39 is 6.10 Å². The fourth-order valence-corrected chi connectivity index (χ4v) is 4.21. The predicted octanol–water partition coefficient (Wildman–Crippen LogP) is 3.54. The maximum absolute atomic E-state index is 10.8. The number of methoxy groups -OCH3 is 3. The molecule has 1 unspecified atom stereocenters. The first-order valence-electron chi connectivity index (χ1n) is 9.62. The standard InChI is InChI=1S/C22H25N3O4S/c1-27-16-6-4-15(5-7-16)25-11-10-24(22(25)30)14-23-12-17-19(28-2)8-9-20(29-3)21(17)18(26)13-23/h4-11,18,26H,12-14H2,1-3H3. The van der Waals surface area contributed by atoms with Crippen molar-refractivity contribution in [1.29, 1.82) is 0 Å². The number of ether oxygens (including phenoxy) is 3. The van der Waals surface area contributed by atoms with Gasteiger partial charge in [-0.3, -0.25) is 9.47 Å². The molecule has 1 aromatic heterocycles. The van der Waals surface area contributed by atoms with Crippen molar-refractivity contribution in [3.63, 3.8) is 0 Å². The summed E-state index contributed by atoms with van der Waals surface area (Å²) in [6.07, 6.45) is 3.23. The van der Waals surface area contributed by atoms with Crippen molar-refractivity contribution < 1.29 is 19.3 Å². The third-order valence-corrected chi connectivity index (χ3v) is 5.84. The van der Waals surface area contributed by atoms with Gasteiger partial charge in [0, 0.05) is 42.3 Å².